The number of esters is 1. The minimum atomic E-state index is -0.231. The molecule has 0 saturated heterocycles. The van der Waals surface area contributed by atoms with Crippen LogP contribution in [0.25, 0.3) is 0 Å². The Bertz CT molecular complexity index is 453. The lowest BCUT2D eigenvalue weighted by molar-refractivity contribution is -0.753. The summed E-state index contributed by atoms with van der Waals surface area (Å²) in [6, 6.07) is 5.84. The lowest BCUT2D eigenvalue weighted by Crippen LogP contribution is -3.00. The Morgan fingerprint density at radius 1 is 0.778 bits per heavy atom. The van der Waals surface area contributed by atoms with Gasteiger partial charge in [-0.3, -0.25) is 4.79 Å². The maximum Gasteiger partial charge on any atom is 0.310 e. The van der Waals surface area contributed by atoms with Gasteiger partial charge in [0.25, 0.3) is 0 Å². The van der Waals surface area contributed by atoms with Gasteiger partial charge in [0.15, 0.2) is 12.4 Å². The van der Waals surface area contributed by atoms with Crippen LogP contribution in [0.3, 0.4) is 0 Å². The second-order valence-electron chi connectivity index (χ2n) is 7.40. The smallest absolute Gasteiger partial charge is 0.310 e. The van der Waals surface area contributed by atoms with Crippen LogP contribution < -0.4 is 21.5 Å². The summed E-state index contributed by atoms with van der Waals surface area (Å²) in [5.74, 6) is -0.0862. The number of hydrogen-bond acceptors (Lipinski definition) is 2. The fourth-order valence-electron chi connectivity index (χ4n) is 3.25. The van der Waals surface area contributed by atoms with E-state index in [1.54, 1.807) is 0 Å². The van der Waals surface area contributed by atoms with Crippen molar-refractivity contribution in [3.8, 4) is 0 Å². The molecule has 0 saturated carbocycles. The van der Waals surface area contributed by atoms with Gasteiger partial charge < -0.3 is 21.7 Å². The molecule has 0 aliphatic carbocycles. The summed E-state index contributed by atoms with van der Waals surface area (Å²) in [4.78, 5) is 11.9. The zero-order valence-electron chi connectivity index (χ0n) is 17.5. The number of unbranched alkanes of at least 4 members (excludes halogenated alkanes) is 12. The van der Waals surface area contributed by atoms with E-state index in [0.717, 1.165) is 12.8 Å². The molecule has 4 heteroatoms. The first-order chi connectivity index (χ1) is 12.7. The standard InChI is InChI=1S/C23H40NO2.BrH/c1-3-4-5-6-7-8-9-10-11-12-13-14-16-19-23(25)26-22(2)24-20-17-15-18-21-24;/h15,17-18,20-22H,3-14,16,19H2,1-2H3;1H/q+1;/p-1. The Labute approximate surface area is 177 Å². The van der Waals surface area contributed by atoms with E-state index in [2.05, 4.69) is 6.92 Å². The van der Waals surface area contributed by atoms with Gasteiger partial charge in [0.2, 0.25) is 0 Å². The first kappa shape index (κ1) is 26.1. The lowest BCUT2D eigenvalue weighted by Gasteiger charge is -2.08. The zero-order chi connectivity index (χ0) is 18.9. The van der Waals surface area contributed by atoms with Gasteiger partial charge in [-0.1, -0.05) is 90.0 Å². The number of pyridine rings is 1. The normalized spacial score (nSPS) is 11.6. The molecule has 0 bridgehead atoms. The Hall–Kier alpha value is -0.900. The van der Waals surface area contributed by atoms with Crippen molar-refractivity contribution in [2.45, 2.75) is 110 Å². The van der Waals surface area contributed by atoms with Crippen LogP contribution in [0.2, 0.25) is 0 Å². The third-order valence-corrected chi connectivity index (χ3v) is 4.94. The summed E-state index contributed by atoms with van der Waals surface area (Å²) >= 11 is 0. The number of aromatic nitrogens is 1. The Morgan fingerprint density at radius 3 is 1.70 bits per heavy atom. The van der Waals surface area contributed by atoms with E-state index in [1.165, 1.54) is 70.6 Å². The predicted octanol–water partition coefficient (Wildman–Crippen LogP) is 3.52. The second kappa shape index (κ2) is 18.5. The van der Waals surface area contributed by atoms with Crippen molar-refractivity contribution in [2.75, 3.05) is 0 Å². The fourth-order valence-corrected chi connectivity index (χ4v) is 3.25. The van der Waals surface area contributed by atoms with Crippen molar-refractivity contribution in [3.05, 3.63) is 30.6 Å². The molecule has 1 aromatic heterocycles. The van der Waals surface area contributed by atoms with Crippen molar-refractivity contribution in [1.82, 2.24) is 0 Å². The monoisotopic (exact) mass is 441 g/mol. The van der Waals surface area contributed by atoms with Gasteiger partial charge in [-0.2, -0.15) is 4.57 Å². The van der Waals surface area contributed by atoms with Crippen LogP contribution in [0.4, 0.5) is 0 Å². The first-order valence-corrected chi connectivity index (χ1v) is 10.9. The third-order valence-electron chi connectivity index (χ3n) is 4.94. The highest BCUT2D eigenvalue weighted by molar-refractivity contribution is 5.69. The molecule has 1 heterocycles. The number of carbonyl (C=O) groups is 1. The van der Waals surface area contributed by atoms with Gasteiger partial charge in [0.05, 0.1) is 0 Å². The van der Waals surface area contributed by atoms with E-state index in [0.29, 0.717) is 6.42 Å². The molecule has 1 rings (SSSR count). The van der Waals surface area contributed by atoms with Gasteiger partial charge in [0, 0.05) is 25.5 Å². The van der Waals surface area contributed by atoms with Gasteiger partial charge >= 0.3 is 12.2 Å². The van der Waals surface area contributed by atoms with E-state index in [1.807, 2.05) is 42.1 Å². The van der Waals surface area contributed by atoms with Gasteiger partial charge in [-0.25, -0.2) is 0 Å². The molecular weight excluding hydrogens is 402 g/mol. The quantitative estimate of drug-likeness (QED) is 0.223. The molecule has 156 valence electrons. The molecule has 0 spiro atoms. The Morgan fingerprint density at radius 2 is 1.22 bits per heavy atom. The lowest BCUT2D eigenvalue weighted by atomic mass is 10.0. The molecule has 1 atom stereocenters. The van der Waals surface area contributed by atoms with Crippen molar-refractivity contribution in [2.24, 2.45) is 0 Å². The molecule has 0 radical (unpaired) electrons. The molecule has 0 N–H and O–H groups in total. The SMILES string of the molecule is CCCCCCCCCCCCCCCC(=O)OC(C)[n+]1ccccc1.[Br-]. The van der Waals surface area contributed by atoms with Gasteiger partial charge in [-0.05, 0) is 6.42 Å². The summed E-state index contributed by atoms with van der Waals surface area (Å²) in [7, 11) is 0. The maximum atomic E-state index is 11.9. The van der Waals surface area contributed by atoms with E-state index in [4.69, 9.17) is 4.74 Å². The molecule has 1 unspecified atom stereocenters. The van der Waals surface area contributed by atoms with Crippen LogP contribution in [-0.2, 0) is 9.53 Å². The number of halogens is 1. The van der Waals surface area contributed by atoms with Crippen molar-refractivity contribution in [1.29, 1.82) is 0 Å². The largest absolute Gasteiger partial charge is 1.00 e. The first-order valence-electron chi connectivity index (χ1n) is 10.9. The van der Waals surface area contributed by atoms with Crippen molar-refractivity contribution >= 4 is 5.97 Å². The number of hydrogen-bond donors (Lipinski definition) is 0. The highest BCUT2D eigenvalue weighted by Gasteiger charge is 2.15. The highest BCUT2D eigenvalue weighted by Crippen LogP contribution is 2.13. The summed E-state index contributed by atoms with van der Waals surface area (Å²) in [5.41, 5.74) is 0. The molecule has 0 aliphatic heterocycles. The van der Waals surface area contributed by atoms with Crippen molar-refractivity contribution in [3.63, 3.8) is 0 Å². The van der Waals surface area contributed by atoms with Crippen molar-refractivity contribution < 1.29 is 31.1 Å². The van der Waals surface area contributed by atoms with Crippen LogP contribution in [0, 0.1) is 0 Å². The second-order valence-corrected chi connectivity index (χ2v) is 7.40. The van der Waals surface area contributed by atoms with E-state index in [-0.39, 0.29) is 29.2 Å². The molecule has 0 aliphatic rings. The summed E-state index contributed by atoms with van der Waals surface area (Å²) in [5, 5.41) is 0. The fraction of sp³-hybridized carbons (Fsp3) is 0.739. The van der Waals surface area contributed by atoms with Crippen LogP contribution >= 0.6 is 0 Å². The third kappa shape index (κ3) is 14.8. The van der Waals surface area contributed by atoms with Crippen LogP contribution in [-0.4, -0.2) is 5.97 Å². The van der Waals surface area contributed by atoms with E-state index >= 15 is 0 Å². The Balaban J connectivity index is 0.00000676. The molecular formula is C23H40BrNO2. The van der Waals surface area contributed by atoms with E-state index in [9.17, 15) is 4.79 Å². The van der Waals surface area contributed by atoms with Gasteiger partial charge in [0.1, 0.15) is 0 Å². The van der Waals surface area contributed by atoms with Crippen LogP contribution in [0.15, 0.2) is 30.6 Å². The zero-order valence-corrected chi connectivity index (χ0v) is 19.1. The molecule has 27 heavy (non-hydrogen) atoms. The van der Waals surface area contributed by atoms with Gasteiger partial charge in [-0.15, -0.1) is 0 Å². The average molecular weight is 442 g/mol. The molecule has 0 aromatic carbocycles. The number of rotatable bonds is 16. The molecule has 0 amide bonds. The number of carbonyl (C=O) groups excluding carboxylic acids is 1. The summed E-state index contributed by atoms with van der Waals surface area (Å²) < 4.78 is 7.37. The summed E-state index contributed by atoms with van der Waals surface area (Å²) in [6.45, 7) is 4.18. The van der Waals surface area contributed by atoms with Crippen LogP contribution in [0.1, 0.15) is 110 Å². The average Bonchev–Trinajstić information content (AvgIpc) is 2.66. The topological polar surface area (TPSA) is 30.2 Å². The Kier molecular flexibility index (Phi) is 17.8. The van der Waals surface area contributed by atoms with Crippen LogP contribution in [0.5, 0.6) is 0 Å². The minimum Gasteiger partial charge on any atom is -1.00 e. The molecule has 1 aromatic rings. The minimum absolute atomic E-state index is 0. The maximum absolute atomic E-state index is 11.9. The summed E-state index contributed by atoms with van der Waals surface area (Å²) in [6.07, 6.45) is 21.3. The molecule has 3 nitrogen and oxygen atoms in total. The van der Waals surface area contributed by atoms with E-state index < -0.39 is 0 Å². The number of ether oxygens (including phenoxy) is 1. The number of nitrogens with zero attached hydrogens (tertiary/aromatic N) is 1. The predicted molar refractivity (Wildman–Crippen MR) is 108 cm³/mol. The highest BCUT2D eigenvalue weighted by atomic mass is 79.9. The molecule has 0 fully saturated rings.